The number of hydrogen-bond acceptors (Lipinski definition) is 1. The summed E-state index contributed by atoms with van der Waals surface area (Å²) < 4.78 is 0. The van der Waals surface area contributed by atoms with Gasteiger partial charge in [0.15, 0.2) is 0 Å². The Bertz CT molecular complexity index is 28.7. The van der Waals surface area contributed by atoms with Crippen LogP contribution in [0.5, 0.6) is 0 Å². The minimum atomic E-state index is 0. The summed E-state index contributed by atoms with van der Waals surface area (Å²) >= 11 is 0. The molecule has 0 aromatic rings. The van der Waals surface area contributed by atoms with Crippen molar-refractivity contribution in [2.45, 2.75) is 19.8 Å². The second-order valence-corrected chi connectivity index (χ2v) is 0.955. The molecular weight excluding hydrogens is 157 g/mol. The maximum absolute atomic E-state index is 9.40. The minimum Gasteiger partial charge on any atom is -0.303 e. The number of rotatable bonds is 2. The zero-order valence-corrected chi connectivity index (χ0v) is 6.05. The molecule has 0 aliphatic heterocycles. The van der Waals surface area contributed by atoms with Gasteiger partial charge in [0.25, 0.3) is 0 Å². The van der Waals surface area contributed by atoms with Crippen molar-refractivity contribution in [3.8, 4) is 0 Å². The first-order valence-electron chi connectivity index (χ1n) is 1.85. The van der Waals surface area contributed by atoms with E-state index in [1.165, 1.54) is 0 Å². The maximum Gasteiger partial charge on any atom is 0.119 e. The quantitative estimate of drug-likeness (QED) is 0.440. The molecule has 0 heterocycles. The minimum absolute atomic E-state index is 0. The maximum atomic E-state index is 9.40. The van der Waals surface area contributed by atoms with Crippen LogP contribution < -0.4 is 0 Å². The molecule has 0 saturated carbocycles. The van der Waals surface area contributed by atoms with E-state index in [2.05, 4.69) is 0 Å². The molecule has 35 valence electrons. The first-order chi connectivity index (χ1) is 2.41. The Labute approximate surface area is 53.6 Å². The van der Waals surface area contributed by atoms with E-state index < -0.39 is 0 Å². The average Bonchev–Trinajstić information content (AvgIpc) is 1.41. The number of unbranched alkanes of at least 4 members (excludes halogenated alkanes) is 1. The van der Waals surface area contributed by atoms with Gasteiger partial charge in [-0.2, -0.15) is 0 Å². The fourth-order valence-electron chi connectivity index (χ4n) is 0.118. The molecule has 0 bridgehead atoms. The van der Waals surface area contributed by atoms with Crippen molar-refractivity contribution in [1.82, 2.24) is 0 Å². The Morgan fingerprint density at radius 1 is 1.67 bits per heavy atom. The second kappa shape index (κ2) is 9.05. The fourth-order valence-corrected chi connectivity index (χ4v) is 0.118. The van der Waals surface area contributed by atoms with Crippen molar-refractivity contribution < 1.29 is 27.2 Å². The molecule has 0 unspecified atom stereocenters. The zero-order chi connectivity index (χ0) is 4.12. The molecule has 0 aliphatic rings. The summed E-state index contributed by atoms with van der Waals surface area (Å²) in [5, 5.41) is 0. The van der Waals surface area contributed by atoms with Crippen molar-refractivity contribution in [3.05, 3.63) is 0 Å². The summed E-state index contributed by atoms with van der Waals surface area (Å²) in [5.41, 5.74) is 0. The van der Waals surface area contributed by atoms with Crippen molar-refractivity contribution in [2.75, 3.05) is 0 Å². The Kier molecular flexibility index (Phi) is 14.5. The molecule has 2 heteroatoms. The monoisotopic (exact) mass is 165 g/mol. The molecule has 0 saturated heterocycles. The molecule has 0 N–H and O–H groups in total. The third kappa shape index (κ3) is 8.83. The molecule has 0 aromatic heterocycles. The van der Waals surface area contributed by atoms with Crippen LogP contribution in [-0.4, -0.2) is 6.29 Å². The third-order valence-electron chi connectivity index (χ3n) is 0.407. The van der Waals surface area contributed by atoms with Crippen molar-refractivity contribution in [3.63, 3.8) is 0 Å². The van der Waals surface area contributed by atoms with Crippen LogP contribution in [0.25, 0.3) is 0 Å². The van der Waals surface area contributed by atoms with Crippen LogP contribution in [0.4, 0.5) is 0 Å². The van der Waals surface area contributed by atoms with Gasteiger partial charge < -0.3 is 4.79 Å². The third-order valence-corrected chi connectivity index (χ3v) is 0.407. The van der Waals surface area contributed by atoms with Crippen molar-refractivity contribution in [1.29, 1.82) is 0 Å². The van der Waals surface area contributed by atoms with E-state index >= 15 is 0 Å². The summed E-state index contributed by atoms with van der Waals surface area (Å²) in [6.07, 6.45) is 2.61. The van der Waals surface area contributed by atoms with Crippen molar-refractivity contribution in [2.24, 2.45) is 0 Å². The largest absolute Gasteiger partial charge is 0.303 e. The normalized spacial score (nSPS) is 6.17. The summed E-state index contributed by atoms with van der Waals surface area (Å²) in [4.78, 5) is 9.40. The van der Waals surface area contributed by atoms with E-state index in [0.29, 0.717) is 6.42 Å². The average molecular weight is 165 g/mol. The zero-order valence-electron chi connectivity index (χ0n) is 3.85. The van der Waals surface area contributed by atoms with E-state index in [4.69, 9.17) is 0 Å². The molecule has 0 rings (SSSR count). The summed E-state index contributed by atoms with van der Waals surface area (Å²) in [7, 11) is 0. The number of aldehydes is 1. The standard InChI is InChI=1S/C4H8O.Nb/c1-2-3-4-5;/h4H,2-3H2,1H3;. The number of carbonyl (C=O) groups excluding carboxylic acids is 1. The van der Waals surface area contributed by atoms with E-state index in [1.54, 1.807) is 0 Å². The van der Waals surface area contributed by atoms with Gasteiger partial charge in [0.2, 0.25) is 0 Å². The molecule has 1 radical (unpaired) electrons. The van der Waals surface area contributed by atoms with Crippen LogP contribution in [0.1, 0.15) is 19.8 Å². The molecular formula is C4H8NbO. The number of hydrogen-bond donors (Lipinski definition) is 0. The van der Waals surface area contributed by atoms with Gasteiger partial charge in [0, 0.05) is 28.8 Å². The first-order valence-corrected chi connectivity index (χ1v) is 1.85. The molecule has 0 aromatic carbocycles. The fraction of sp³-hybridized carbons (Fsp3) is 0.750. The smallest absolute Gasteiger partial charge is 0.119 e. The molecule has 0 amide bonds. The van der Waals surface area contributed by atoms with Gasteiger partial charge in [-0.25, -0.2) is 0 Å². The van der Waals surface area contributed by atoms with Gasteiger partial charge in [-0.15, -0.1) is 0 Å². The van der Waals surface area contributed by atoms with Crippen LogP contribution in [0.3, 0.4) is 0 Å². The van der Waals surface area contributed by atoms with Crippen LogP contribution in [0, 0.1) is 0 Å². The summed E-state index contributed by atoms with van der Waals surface area (Å²) in [6.45, 7) is 1.98. The number of carbonyl (C=O) groups is 1. The van der Waals surface area contributed by atoms with Gasteiger partial charge in [-0.05, 0) is 6.42 Å². The molecule has 0 atom stereocenters. The first kappa shape index (κ1) is 9.65. The Hall–Kier alpha value is 0.410. The van der Waals surface area contributed by atoms with Gasteiger partial charge in [0.1, 0.15) is 6.29 Å². The molecule has 0 spiro atoms. The Morgan fingerprint density at radius 3 is 2.17 bits per heavy atom. The summed E-state index contributed by atoms with van der Waals surface area (Å²) in [5.74, 6) is 0. The second-order valence-electron chi connectivity index (χ2n) is 0.955. The van der Waals surface area contributed by atoms with E-state index in [-0.39, 0.29) is 22.4 Å². The van der Waals surface area contributed by atoms with Gasteiger partial charge in [0.05, 0.1) is 0 Å². The molecule has 1 nitrogen and oxygen atoms in total. The molecule has 0 aliphatic carbocycles. The van der Waals surface area contributed by atoms with Crippen LogP contribution in [0.15, 0.2) is 0 Å². The van der Waals surface area contributed by atoms with Gasteiger partial charge >= 0.3 is 0 Å². The Balaban J connectivity index is 0. The molecule has 6 heavy (non-hydrogen) atoms. The van der Waals surface area contributed by atoms with E-state index in [1.807, 2.05) is 6.92 Å². The van der Waals surface area contributed by atoms with Crippen LogP contribution >= 0.6 is 0 Å². The Morgan fingerprint density at radius 2 is 2.17 bits per heavy atom. The summed E-state index contributed by atoms with van der Waals surface area (Å²) in [6, 6.07) is 0. The van der Waals surface area contributed by atoms with Crippen molar-refractivity contribution >= 4 is 6.29 Å². The SMILES string of the molecule is CCCC=O.[Nb]. The van der Waals surface area contributed by atoms with Crippen LogP contribution in [-0.2, 0) is 27.2 Å². The molecule has 0 fully saturated rings. The van der Waals surface area contributed by atoms with Gasteiger partial charge in [-0.1, -0.05) is 6.92 Å². The van der Waals surface area contributed by atoms with E-state index in [0.717, 1.165) is 12.7 Å². The predicted molar refractivity (Wildman–Crippen MR) is 21.0 cm³/mol. The predicted octanol–water partition coefficient (Wildman–Crippen LogP) is 0.983. The van der Waals surface area contributed by atoms with Gasteiger partial charge in [-0.3, -0.25) is 0 Å². The topological polar surface area (TPSA) is 17.1 Å². The van der Waals surface area contributed by atoms with Crippen LogP contribution in [0.2, 0.25) is 0 Å². The van der Waals surface area contributed by atoms with E-state index in [9.17, 15) is 4.79 Å².